The molecule has 0 saturated heterocycles. The predicted molar refractivity (Wildman–Crippen MR) is 68.8 cm³/mol. The van der Waals surface area contributed by atoms with Crippen LogP contribution in [-0.2, 0) is 0 Å². The maximum atomic E-state index is 11.2. The molecule has 0 radical (unpaired) electrons. The van der Waals surface area contributed by atoms with Crippen LogP contribution in [0.15, 0.2) is 15.6 Å². The van der Waals surface area contributed by atoms with Gasteiger partial charge in [0, 0.05) is 6.54 Å². The summed E-state index contributed by atoms with van der Waals surface area (Å²) in [6.45, 7) is 1.90. The second-order valence-electron chi connectivity index (χ2n) is 3.83. The molecule has 0 fully saturated rings. The summed E-state index contributed by atoms with van der Waals surface area (Å²) >= 11 is 3.20. The summed E-state index contributed by atoms with van der Waals surface area (Å²) < 4.78 is 0.461. The molecule has 5 nitrogen and oxygen atoms in total. The Hall–Kier alpha value is -0.880. The lowest BCUT2D eigenvalue weighted by Crippen LogP contribution is -2.15. The molecule has 1 heterocycles. The van der Waals surface area contributed by atoms with Crippen LogP contribution in [0, 0.1) is 0 Å². The highest BCUT2D eigenvalue weighted by atomic mass is 79.9. The zero-order chi connectivity index (χ0) is 12.0. The summed E-state index contributed by atoms with van der Waals surface area (Å²) in [7, 11) is 4.12. The molecule has 0 aromatic carbocycles. The van der Waals surface area contributed by atoms with Crippen molar-refractivity contribution in [1.29, 1.82) is 0 Å². The standard InChI is InChI=1S/C10H17BrN4O/c1-15(2)6-4-3-5-12-9-8(11)10(16)14-7-13-9/h7H,3-6H2,1-2H3,(H2,12,13,14,16). The highest BCUT2D eigenvalue weighted by Crippen LogP contribution is 2.12. The van der Waals surface area contributed by atoms with Gasteiger partial charge in [0.15, 0.2) is 0 Å². The Labute approximate surface area is 103 Å². The van der Waals surface area contributed by atoms with Gasteiger partial charge in [0.25, 0.3) is 5.56 Å². The second-order valence-corrected chi connectivity index (χ2v) is 4.62. The van der Waals surface area contributed by atoms with Crippen molar-refractivity contribution in [3.05, 3.63) is 21.2 Å². The number of nitrogens with one attached hydrogen (secondary N) is 2. The van der Waals surface area contributed by atoms with Crippen LogP contribution in [0.3, 0.4) is 0 Å². The molecule has 0 atom stereocenters. The van der Waals surface area contributed by atoms with Gasteiger partial charge in [-0.25, -0.2) is 4.98 Å². The fourth-order valence-electron chi connectivity index (χ4n) is 1.27. The third-order valence-corrected chi connectivity index (χ3v) is 2.86. The normalized spacial score (nSPS) is 10.8. The van der Waals surface area contributed by atoms with Crippen molar-refractivity contribution in [3.63, 3.8) is 0 Å². The van der Waals surface area contributed by atoms with E-state index in [0.717, 1.165) is 25.9 Å². The van der Waals surface area contributed by atoms with Crippen molar-refractivity contribution in [2.45, 2.75) is 12.8 Å². The molecule has 0 aliphatic heterocycles. The van der Waals surface area contributed by atoms with Crippen molar-refractivity contribution in [3.8, 4) is 0 Å². The number of unbranched alkanes of at least 4 members (excludes halogenated alkanes) is 1. The molecule has 0 aliphatic rings. The van der Waals surface area contributed by atoms with E-state index in [4.69, 9.17) is 0 Å². The lowest BCUT2D eigenvalue weighted by Gasteiger charge is -2.09. The average Bonchev–Trinajstić information content (AvgIpc) is 2.23. The van der Waals surface area contributed by atoms with Crippen LogP contribution in [0.1, 0.15) is 12.8 Å². The van der Waals surface area contributed by atoms with E-state index < -0.39 is 0 Å². The first-order chi connectivity index (χ1) is 7.61. The molecule has 6 heteroatoms. The molecular weight excluding hydrogens is 272 g/mol. The van der Waals surface area contributed by atoms with Gasteiger partial charge in [0.1, 0.15) is 10.3 Å². The molecule has 90 valence electrons. The maximum Gasteiger partial charge on any atom is 0.267 e. The van der Waals surface area contributed by atoms with E-state index in [1.165, 1.54) is 6.33 Å². The first-order valence-corrected chi connectivity index (χ1v) is 6.02. The van der Waals surface area contributed by atoms with Crippen LogP contribution in [0.5, 0.6) is 0 Å². The summed E-state index contributed by atoms with van der Waals surface area (Å²) in [6, 6.07) is 0. The minimum atomic E-state index is -0.161. The van der Waals surface area contributed by atoms with E-state index in [2.05, 4.69) is 50.2 Å². The van der Waals surface area contributed by atoms with Gasteiger partial charge in [-0.1, -0.05) is 0 Å². The van der Waals surface area contributed by atoms with E-state index in [1.807, 2.05) is 0 Å². The lowest BCUT2D eigenvalue weighted by atomic mass is 10.3. The van der Waals surface area contributed by atoms with E-state index >= 15 is 0 Å². The number of aromatic amines is 1. The smallest absolute Gasteiger partial charge is 0.267 e. The van der Waals surface area contributed by atoms with Crippen molar-refractivity contribution < 1.29 is 0 Å². The molecule has 0 spiro atoms. The number of hydrogen-bond acceptors (Lipinski definition) is 4. The van der Waals surface area contributed by atoms with Crippen LogP contribution < -0.4 is 10.9 Å². The van der Waals surface area contributed by atoms with Crippen LogP contribution in [0.4, 0.5) is 5.82 Å². The van der Waals surface area contributed by atoms with Gasteiger partial charge in [-0.2, -0.15) is 0 Å². The summed E-state index contributed by atoms with van der Waals surface area (Å²) in [6.07, 6.45) is 3.58. The Morgan fingerprint density at radius 3 is 2.94 bits per heavy atom. The third-order valence-electron chi connectivity index (χ3n) is 2.12. The minimum absolute atomic E-state index is 0.161. The zero-order valence-electron chi connectivity index (χ0n) is 9.59. The Balaban J connectivity index is 2.32. The SMILES string of the molecule is CN(C)CCCCNc1nc[nH]c(=O)c1Br. The van der Waals surface area contributed by atoms with Crippen LogP contribution in [0.2, 0.25) is 0 Å². The topological polar surface area (TPSA) is 61.0 Å². The Morgan fingerprint density at radius 1 is 1.50 bits per heavy atom. The predicted octanol–water partition coefficient (Wildman–Crippen LogP) is 1.29. The molecule has 0 saturated carbocycles. The molecule has 16 heavy (non-hydrogen) atoms. The van der Waals surface area contributed by atoms with E-state index in [1.54, 1.807) is 0 Å². The quantitative estimate of drug-likeness (QED) is 0.775. The fraction of sp³-hybridized carbons (Fsp3) is 0.600. The van der Waals surface area contributed by atoms with Gasteiger partial charge in [0.2, 0.25) is 0 Å². The van der Waals surface area contributed by atoms with Gasteiger partial charge in [-0.3, -0.25) is 4.79 Å². The number of halogens is 1. The van der Waals surface area contributed by atoms with Gasteiger partial charge < -0.3 is 15.2 Å². The summed E-state index contributed by atoms with van der Waals surface area (Å²) in [4.78, 5) is 19.9. The number of hydrogen-bond donors (Lipinski definition) is 2. The average molecular weight is 289 g/mol. The Bertz CT molecular complexity index is 377. The molecule has 1 aromatic heterocycles. The highest BCUT2D eigenvalue weighted by molar-refractivity contribution is 9.10. The third kappa shape index (κ3) is 4.32. The molecule has 0 unspecified atom stereocenters. The summed E-state index contributed by atoms with van der Waals surface area (Å²) in [5.41, 5.74) is -0.161. The largest absolute Gasteiger partial charge is 0.369 e. The molecule has 0 amide bonds. The second kappa shape index (κ2) is 6.65. The molecule has 0 aliphatic carbocycles. The highest BCUT2D eigenvalue weighted by Gasteiger charge is 2.03. The van der Waals surface area contributed by atoms with Crippen molar-refractivity contribution >= 4 is 21.7 Å². The van der Waals surface area contributed by atoms with Gasteiger partial charge in [0.05, 0.1) is 6.33 Å². The van der Waals surface area contributed by atoms with Crippen molar-refractivity contribution in [2.75, 3.05) is 32.5 Å². The number of rotatable bonds is 6. The van der Waals surface area contributed by atoms with Gasteiger partial charge >= 0.3 is 0 Å². The first-order valence-electron chi connectivity index (χ1n) is 5.23. The van der Waals surface area contributed by atoms with E-state index in [0.29, 0.717) is 10.3 Å². The van der Waals surface area contributed by atoms with E-state index in [9.17, 15) is 4.79 Å². The van der Waals surface area contributed by atoms with Gasteiger partial charge in [-0.05, 0) is 49.4 Å². The lowest BCUT2D eigenvalue weighted by molar-refractivity contribution is 0.396. The monoisotopic (exact) mass is 288 g/mol. The molecule has 0 bridgehead atoms. The minimum Gasteiger partial charge on any atom is -0.369 e. The Kier molecular flexibility index (Phi) is 5.48. The number of anilines is 1. The van der Waals surface area contributed by atoms with Crippen LogP contribution >= 0.6 is 15.9 Å². The fourth-order valence-corrected chi connectivity index (χ4v) is 1.62. The molecular formula is C10H17BrN4O. The van der Waals surface area contributed by atoms with Crippen molar-refractivity contribution in [2.24, 2.45) is 0 Å². The maximum absolute atomic E-state index is 11.2. The summed E-state index contributed by atoms with van der Waals surface area (Å²) in [5.74, 6) is 0.605. The van der Waals surface area contributed by atoms with Crippen molar-refractivity contribution in [1.82, 2.24) is 14.9 Å². The van der Waals surface area contributed by atoms with Gasteiger partial charge in [-0.15, -0.1) is 0 Å². The number of aromatic nitrogens is 2. The van der Waals surface area contributed by atoms with E-state index in [-0.39, 0.29) is 5.56 Å². The molecule has 1 rings (SSSR count). The number of H-pyrrole nitrogens is 1. The molecule has 1 aromatic rings. The van der Waals surface area contributed by atoms with Crippen LogP contribution in [0.25, 0.3) is 0 Å². The van der Waals surface area contributed by atoms with Crippen LogP contribution in [-0.4, -0.2) is 42.1 Å². The Morgan fingerprint density at radius 2 is 2.25 bits per heavy atom. The zero-order valence-corrected chi connectivity index (χ0v) is 11.2. The summed E-state index contributed by atoms with van der Waals surface area (Å²) in [5, 5.41) is 3.13. The molecule has 2 N–H and O–H groups in total. The number of nitrogens with zero attached hydrogens (tertiary/aromatic N) is 2. The first kappa shape index (κ1) is 13.2.